The fourth-order valence-electron chi connectivity index (χ4n) is 5.11. The van der Waals surface area contributed by atoms with Gasteiger partial charge in [-0.1, -0.05) is 32.0 Å². The summed E-state index contributed by atoms with van der Waals surface area (Å²) in [5, 5.41) is 35.7. The molecule has 0 aliphatic heterocycles. The number of nitrogens with one attached hydrogen (secondary N) is 1. The minimum atomic E-state index is -1.14. The maximum Gasteiger partial charge on any atom is 0.342 e. The lowest BCUT2D eigenvalue weighted by atomic mass is 9.84. The zero-order valence-electron chi connectivity index (χ0n) is 22.2. The third-order valence-electron chi connectivity index (χ3n) is 6.66. The molecule has 0 radical (unpaired) electrons. The van der Waals surface area contributed by atoms with Crippen LogP contribution in [0.25, 0.3) is 11.1 Å². The highest BCUT2D eigenvalue weighted by Crippen LogP contribution is 2.35. The van der Waals surface area contributed by atoms with Crippen LogP contribution in [0.15, 0.2) is 42.6 Å². The first-order valence-corrected chi connectivity index (χ1v) is 12.8. The average molecular weight is 526 g/mol. The average Bonchev–Trinajstić information content (AvgIpc) is 3.30. The molecule has 0 aliphatic carbocycles. The Kier molecular flexibility index (Phi) is 9.77. The van der Waals surface area contributed by atoms with Gasteiger partial charge in [-0.3, -0.25) is 4.79 Å². The monoisotopic (exact) mass is 525 g/mol. The molecule has 0 aliphatic rings. The zero-order chi connectivity index (χ0) is 28.0. The number of halogens is 1. The summed E-state index contributed by atoms with van der Waals surface area (Å²) >= 11 is 0. The molecule has 204 valence electrons. The molecule has 1 amide bonds. The van der Waals surface area contributed by atoms with Crippen LogP contribution in [0.5, 0.6) is 0 Å². The van der Waals surface area contributed by atoms with Gasteiger partial charge in [0.15, 0.2) is 0 Å². The summed E-state index contributed by atoms with van der Waals surface area (Å²) < 4.78 is 14.9. The molecule has 38 heavy (non-hydrogen) atoms. The van der Waals surface area contributed by atoms with Crippen LogP contribution in [0.4, 0.5) is 9.18 Å². The lowest BCUT2D eigenvalue weighted by Gasteiger charge is -2.22. The van der Waals surface area contributed by atoms with Gasteiger partial charge >= 0.3 is 12.0 Å². The molecule has 9 heteroatoms. The van der Waals surface area contributed by atoms with E-state index < -0.39 is 30.6 Å². The van der Waals surface area contributed by atoms with E-state index in [1.54, 1.807) is 18.2 Å². The largest absolute Gasteiger partial charge is 0.481 e. The first-order chi connectivity index (χ1) is 18.0. The lowest BCUT2D eigenvalue weighted by Crippen LogP contribution is -2.31. The lowest BCUT2D eigenvalue weighted by molar-refractivity contribution is -0.139. The third kappa shape index (κ3) is 7.26. The molecule has 0 saturated heterocycles. The zero-order valence-corrected chi connectivity index (χ0v) is 22.2. The summed E-state index contributed by atoms with van der Waals surface area (Å²) in [4.78, 5) is 23.8. The molecule has 0 saturated carbocycles. The Hall–Kier alpha value is -3.56. The molecule has 8 nitrogen and oxygen atoms in total. The van der Waals surface area contributed by atoms with Crippen LogP contribution in [0, 0.1) is 19.7 Å². The van der Waals surface area contributed by atoms with Gasteiger partial charge in [0.25, 0.3) is 0 Å². The summed E-state index contributed by atoms with van der Waals surface area (Å²) in [5.41, 5.74) is 6.75. The van der Waals surface area contributed by atoms with Gasteiger partial charge < -0.3 is 20.6 Å². The van der Waals surface area contributed by atoms with E-state index in [1.807, 2.05) is 6.92 Å². The van der Waals surface area contributed by atoms with Crippen molar-refractivity contribution in [2.75, 3.05) is 0 Å². The van der Waals surface area contributed by atoms with Crippen molar-refractivity contribution in [2.45, 2.75) is 78.0 Å². The summed E-state index contributed by atoms with van der Waals surface area (Å²) in [5.74, 6) is -1.15. The molecule has 0 fully saturated rings. The normalized spacial score (nSPS) is 12.9. The van der Waals surface area contributed by atoms with Crippen molar-refractivity contribution in [1.82, 2.24) is 15.1 Å². The number of aromatic nitrogens is 2. The smallest absolute Gasteiger partial charge is 0.342 e. The number of carbonyl (C=O) groups excluding carboxylic acids is 1. The van der Waals surface area contributed by atoms with Crippen molar-refractivity contribution in [3.63, 3.8) is 0 Å². The molecular weight excluding hydrogens is 489 g/mol. The molecule has 2 aromatic carbocycles. The summed E-state index contributed by atoms with van der Waals surface area (Å²) in [6.45, 7) is 8.60. The molecule has 3 aromatic rings. The first-order valence-electron chi connectivity index (χ1n) is 12.8. The number of hydrogen-bond acceptors (Lipinski definition) is 5. The molecule has 4 N–H and O–H groups in total. The predicted molar refractivity (Wildman–Crippen MR) is 142 cm³/mol. The molecule has 2 atom stereocenters. The molecule has 0 bridgehead atoms. The standard InChI is InChI=1S/C29H36FN3O5/c1-17(2)27-18(3)13-21(28(19(27)4)20-5-7-22(30)8-6-20)16-31-29(38)33-23(11-12-32-33)9-10-24(34)14-25(35)15-26(36)37/h5-8,11-13,17,24-25,34-35H,9-10,14-16H2,1-4H3,(H,31,38)(H,36,37)/t24-,25-/m1/s1. The van der Waals surface area contributed by atoms with E-state index in [-0.39, 0.29) is 25.2 Å². The number of aliphatic carboxylic acids is 1. The van der Waals surface area contributed by atoms with E-state index >= 15 is 0 Å². The van der Waals surface area contributed by atoms with Gasteiger partial charge in [0.2, 0.25) is 0 Å². The van der Waals surface area contributed by atoms with E-state index in [0.717, 1.165) is 27.8 Å². The van der Waals surface area contributed by atoms with Gasteiger partial charge in [0.05, 0.1) is 18.6 Å². The van der Waals surface area contributed by atoms with Crippen LogP contribution >= 0.6 is 0 Å². The second-order valence-corrected chi connectivity index (χ2v) is 10.0. The summed E-state index contributed by atoms with van der Waals surface area (Å²) in [6, 6.07) is 9.65. The van der Waals surface area contributed by atoms with E-state index in [9.17, 15) is 24.2 Å². The number of hydrogen-bond donors (Lipinski definition) is 4. The van der Waals surface area contributed by atoms with Gasteiger partial charge in [-0.25, -0.2) is 9.18 Å². The van der Waals surface area contributed by atoms with Crippen molar-refractivity contribution >= 4 is 12.0 Å². The molecule has 1 heterocycles. The summed E-state index contributed by atoms with van der Waals surface area (Å²) in [6.07, 6.45) is -0.510. The maximum atomic E-state index is 13.6. The van der Waals surface area contributed by atoms with Gasteiger partial charge in [-0.05, 0) is 90.6 Å². The second kappa shape index (κ2) is 12.8. The van der Waals surface area contributed by atoms with Gasteiger partial charge in [0.1, 0.15) is 5.82 Å². The van der Waals surface area contributed by atoms with Gasteiger partial charge in [0, 0.05) is 18.4 Å². The van der Waals surface area contributed by atoms with Crippen LogP contribution in [0.3, 0.4) is 0 Å². The van der Waals surface area contributed by atoms with Gasteiger partial charge in [-0.15, -0.1) is 0 Å². The van der Waals surface area contributed by atoms with E-state index in [0.29, 0.717) is 18.0 Å². The minimum Gasteiger partial charge on any atom is -0.481 e. The van der Waals surface area contributed by atoms with E-state index in [2.05, 4.69) is 37.3 Å². The van der Waals surface area contributed by atoms with Gasteiger partial charge in [-0.2, -0.15) is 9.78 Å². The Bertz CT molecular complexity index is 1270. The maximum absolute atomic E-state index is 13.6. The van der Waals surface area contributed by atoms with Crippen molar-refractivity contribution in [2.24, 2.45) is 0 Å². The Labute approximate surface area is 222 Å². The first kappa shape index (κ1) is 29.0. The van der Waals surface area contributed by atoms with Crippen molar-refractivity contribution in [3.05, 3.63) is 76.4 Å². The Morgan fingerprint density at radius 3 is 2.39 bits per heavy atom. The predicted octanol–water partition coefficient (Wildman–Crippen LogP) is 4.71. The third-order valence-corrected chi connectivity index (χ3v) is 6.66. The van der Waals surface area contributed by atoms with E-state index in [1.165, 1.54) is 28.6 Å². The van der Waals surface area contributed by atoms with Crippen LogP contribution in [-0.4, -0.2) is 49.3 Å². The topological polar surface area (TPSA) is 125 Å². The molecule has 0 unspecified atom stereocenters. The molecule has 1 aromatic heterocycles. The SMILES string of the molecule is Cc1cc(CNC(=O)n2nccc2CC[C@@H](O)C[C@@H](O)CC(=O)O)c(-c2ccc(F)cc2)c(C)c1C(C)C. The fourth-order valence-corrected chi connectivity index (χ4v) is 5.11. The number of aliphatic hydroxyl groups is 2. The minimum absolute atomic E-state index is 0.0656. The molecule has 0 spiro atoms. The second-order valence-electron chi connectivity index (χ2n) is 10.0. The quantitative estimate of drug-likeness (QED) is 0.288. The van der Waals surface area contributed by atoms with Crippen molar-refractivity contribution in [1.29, 1.82) is 0 Å². The Balaban J connectivity index is 1.76. The number of nitrogens with zero attached hydrogens (tertiary/aromatic N) is 2. The number of carbonyl (C=O) groups is 2. The highest BCUT2D eigenvalue weighted by molar-refractivity contribution is 5.78. The number of aryl methyl sites for hydroxylation is 2. The number of benzene rings is 2. The highest BCUT2D eigenvalue weighted by Gasteiger charge is 2.20. The van der Waals surface area contributed by atoms with Crippen LogP contribution in [0.1, 0.15) is 67.0 Å². The Morgan fingerprint density at radius 1 is 1.08 bits per heavy atom. The number of carboxylic acid groups (broad SMARTS) is 1. The highest BCUT2D eigenvalue weighted by atomic mass is 19.1. The van der Waals surface area contributed by atoms with E-state index in [4.69, 9.17) is 5.11 Å². The molecule has 3 rings (SSSR count). The number of amides is 1. The fraction of sp³-hybridized carbons (Fsp3) is 0.414. The number of aliphatic hydroxyl groups excluding tert-OH is 2. The van der Waals surface area contributed by atoms with Crippen LogP contribution in [-0.2, 0) is 17.8 Å². The van der Waals surface area contributed by atoms with Crippen molar-refractivity contribution in [3.8, 4) is 11.1 Å². The molecular formula is C29H36FN3O5. The van der Waals surface area contributed by atoms with Crippen molar-refractivity contribution < 1.29 is 29.3 Å². The Morgan fingerprint density at radius 2 is 1.76 bits per heavy atom. The number of carboxylic acids is 1. The number of rotatable bonds is 11. The van der Waals surface area contributed by atoms with Crippen LogP contribution < -0.4 is 5.32 Å². The summed E-state index contributed by atoms with van der Waals surface area (Å²) in [7, 11) is 0. The van der Waals surface area contributed by atoms with Crippen LogP contribution in [0.2, 0.25) is 0 Å².